The summed E-state index contributed by atoms with van der Waals surface area (Å²) in [6.07, 6.45) is 3.66. The molecule has 1 aliphatic heterocycles. The van der Waals surface area contributed by atoms with Crippen LogP contribution in [-0.4, -0.2) is 55.9 Å². The van der Waals surface area contributed by atoms with Gasteiger partial charge in [0, 0.05) is 32.8 Å². The number of nitrogens with zero attached hydrogens (tertiary/aromatic N) is 1. The quantitative estimate of drug-likeness (QED) is 0.526. The van der Waals surface area contributed by atoms with E-state index in [9.17, 15) is 0 Å². The Morgan fingerprint density at radius 3 is 2.76 bits per heavy atom. The Bertz CT molecular complexity index is 220. The van der Waals surface area contributed by atoms with E-state index in [1.54, 1.807) is 7.11 Å². The Hall–Kier alpha value is -0.390. The van der Waals surface area contributed by atoms with E-state index in [2.05, 4.69) is 22.5 Å². The minimum absolute atomic E-state index is 0.413. The summed E-state index contributed by atoms with van der Waals surface area (Å²) >= 11 is 5.24. The van der Waals surface area contributed by atoms with E-state index in [1.165, 1.54) is 25.9 Å². The second-order valence-corrected chi connectivity index (χ2v) is 5.06. The molecule has 0 aliphatic carbocycles. The highest BCUT2D eigenvalue weighted by atomic mass is 32.1. The van der Waals surface area contributed by atoms with Gasteiger partial charge in [-0.1, -0.05) is 0 Å². The van der Waals surface area contributed by atoms with Crippen LogP contribution in [0.5, 0.6) is 0 Å². The van der Waals surface area contributed by atoms with Crippen LogP contribution in [0.2, 0.25) is 0 Å². The molecule has 0 aromatic heterocycles. The lowest BCUT2D eigenvalue weighted by Crippen LogP contribution is -2.45. The molecule has 1 unspecified atom stereocenters. The highest BCUT2D eigenvalue weighted by Crippen LogP contribution is 2.07. The first-order chi connectivity index (χ1) is 8.22. The smallest absolute Gasteiger partial charge is 0.166 e. The van der Waals surface area contributed by atoms with E-state index < -0.39 is 0 Å². The molecule has 0 amide bonds. The molecule has 1 saturated heterocycles. The van der Waals surface area contributed by atoms with Crippen molar-refractivity contribution in [2.24, 2.45) is 0 Å². The highest BCUT2D eigenvalue weighted by molar-refractivity contribution is 7.80. The summed E-state index contributed by atoms with van der Waals surface area (Å²) in [6, 6.07) is 0.413. The number of likely N-dealkylation sites (tertiary alicyclic amines) is 1. The van der Waals surface area contributed by atoms with Gasteiger partial charge in [0.05, 0.1) is 0 Å². The van der Waals surface area contributed by atoms with Crippen LogP contribution in [0, 0.1) is 0 Å². The second-order valence-electron chi connectivity index (χ2n) is 4.66. The molecular formula is C12H25N3OS. The minimum atomic E-state index is 0.413. The molecule has 0 spiro atoms. The van der Waals surface area contributed by atoms with Gasteiger partial charge < -0.3 is 20.3 Å². The van der Waals surface area contributed by atoms with Crippen LogP contribution in [0.15, 0.2) is 0 Å². The average Bonchev–Trinajstić information content (AvgIpc) is 2.77. The van der Waals surface area contributed by atoms with Crippen molar-refractivity contribution >= 4 is 17.3 Å². The molecule has 0 aromatic rings. The number of hydrogen-bond acceptors (Lipinski definition) is 3. The summed E-state index contributed by atoms with van der Waals surface area (Å²) in [7, 11) is 1.72. The maximum Gasteiger partial charge on any atom is 0.166 e. The van der Waals surface area contributed by atoms with Crippen molar-refractivity contribution in [3.05, 3.63) is 0 Å². The first-order valence-corrected chi connectivity index (χ1v) is 6.89. The summed E-state index contributed by atoms with van der Waals surface area (Å²) in [5.74, 6) is 0. The summed E-state index contributed by atoms with van der Waals surface area (Å²) in [5, 5.41) is 7.27. The van der Waals surface area contributed by atoms with Gasteiger partial charge in [-0.3, -0.25) is 0 Å². The summed E-state index contributed by atoms with van der Waals surface area (Å²) in [4.78, 5) is 2.49. The van der Waals surface area contributed by atoms with E-state index in [0.717, 1.165) is 31.2 Å². The van der Waals surface area contributed by atoms with E-state index in [1.807, 2.05) is 0 Å². The molecule has 1 aliphatic rings. The summed E-state index contributed by atoms with van der Waals surface area (Å²) < 4.78 is 4.98. The maximum atomic E-state index is 5.24. The van der Waals surface area contributed by atoms with Gasteiger partial charge in [0.1, 0.15) is 0 Å². The average molecular weight is 259 g/mol. The Kier molecular flexibility index (Phi) is 7.48. The summed E-state index contributed by atoms with van der Waals surface area (Å²) in [6.45, 7) is 7.39. The molecule has 17 heavy (non-hydrogen) atoms. The molecular weight excluding hydrogens is 234 g/mol. The van der Waals surface area contributed by atoms with Crippen LogP contribution in [0.25, 0.3) is 0 Å². The van der Waals surface area contributed by atoms with Gasteiger partial charge in [-0.2, -0.15) is 0 Å². The van der Waals surface area contributed by atoms with E-state index in [-0.39, 0.29) is 0 Å². The molecule has 0 saturated carbocycles. The van der Waals surface area contributed by atoms with Crippen LogP contribution < -0.4 is 10.6 Å². The molecule has 1 fully saturated rings. The molecule has 100 valence electrons. The van der Waals surface area contributed by atoms with Crippen LogP contribution in [-0.2, 0) is 4.74 Å². The molecule has 1 rings (SSSR count). The fourth-order valence-electron chi connectivity index (χ4n) is 2.09. The molecule has 5 heteroatoms. The van der Waals surface area contributed by atoms with Gasteiger partial charge in [-0.05, 0) is 51.5 Å². The number of ether oxygens (including phenoxy) is 1. The van der Waals surface area contributed by atoms with Crippen molar-refractivity contribution in [1.29, 1.82) is 0 Å². The predicted octanol–water partition coefficient (Wildman–Crippen LogP) is 0.971. The molecule has 1 atom stereocenters. The molecule has 0 aromatic carbocycles. The Morgan fingerprint density at radius 1 is 1.41 bits per heavy atom. The van der Waals surface area contributed by atoms with Crippen LogP contribution in [0.4, 0.5) is 0 Å². The van der Waals surface area contributed by atoms with Crippen LogP contribution in [0.3, 0.4) is 0 Å². The fourth-order valence-corrected chi connectivity index (χ4v) is 2.39. The van der Waals surface area contributed by atoms with Crippen molar-refractivity contribution in [2.45, 2.75) is 32.2 Å². The predicted molar refractivity (Wildman–Crippen MR) is 75.4 cm³/mol. The number of thiocarbonyl (C=S) groups is 1. The molecule has 0 radical (unpaired) electrons. The third-order valence-electron chi connectivity index (χ3n) is 2.92. The zero-order valence-electron chi connectivity index (χ0n) is 11.0. The lowest BCUT2D eigenvalue weighted by molar-refractivity contribution is 0.195. The van der Waals surface area contributed by atoms with Crippen LogP contribution in [0.1, 0.15) is 26.2 Å². The van der Waals surface area contributed by atoms with Crippen molar-refractivity contribution in [2.75, 3.05) is 39.9 Å². The minimum Gasteiger partial charge on any atom is -0.385 e. The SMILES string of the molecule is COCCCNC(=S)NC(C)CN1CCCC1. The lowest BCUT2D eigenvalue weighted by atomic mass is 10.3. The topological polar surface area (TPSA) is 36.5 Å². The third kappa shape index (κ3) is 6.81. The molecule has 1 heterocycles. The van der Waals surface area contributed by atoms with Crippen LogP contribution >= 0.6 is 12.2 Å². The van der Waals surface area contributed by atoms with Gasteiger partial charge in [0.15, 0.2) is 5.11 Å². The monoisotopic (exact) mass is 259 g/mol. The zero-order valence-corrected chi connectivity index (χ0v) is 11.8. The van der Waals surface area contributed by atoms with E-state index in [4.69, 9.17) is 17.0 Å². The molecule has 4 nitrogen and oxygen atoms in total. The normalized spacial score (nSPS) is 18.0. The largest absolute Gasteiger partial charge is 0.385 e. The summed E-state index contributed by atoms with van der Waals surface area (Å²) in [5.41, 5.74) is 0. The van der Waals surface area contributed by atoms with Crippen molar-refractivity contribution < 1.29 is 4.74 Å². The van der Waals surface area contributed by atoms with Gasteiger partial charge in [-0.25, -0.2) is 0 Å². The third-order valence-corrected chi connectivity index (χ3v) is 3.18. The second kappa shape index (κ2) is 8.66. The molecule has 0 bridgehead atoms. The van der Waals surface area contributed by atoms with E-state index >= 15 is 0 Å². The van der Waals surface area contributed by atoms with Crippen molar-refractivity contribution in [3.8, 4) is 0 Å². The highest BCUT2D eigenvalue weighted by Gasteiger charge is 2.14. The Morgan fingerprint density at radius 2 is 2.12 bits per heavy atom. The van der Waals surface area contributed by atoms with E-state index in [0.29, 0.717) is 6.04 Å². The number of hydrogen-bond donors (Lipinski definition) is 2. The Balaban J connectivity index is 2.03. The number of methoxy groups -OCH3 is 1. The fraction of sp³-hybridized carbons (Fsp3) is 0.917. The first kappa shape index (κ1) is 14.7. The van der Waals surface area contributed by atoms with Crippen molar-refractivity contribution in [1.82, 2.24) is 15.5 Å². The van der Waals surface area contributed by atoms with Gasteiger partial charge >= 0.3 is 0 Å². The Labute approximate surface area is 110 Å². The maximum absolute atomic E-state index is 5.24. The van der Waals surface area contributed by atoms with Crippen molar-refractivity contribution in [3.63, 3.8) is 0 Å². The number of rotatable bonds is 7. The van der Waals surface area contributed by atoms with Gasteiger partial charge in [-0.15, -0.1) is 0 Å². The van der Waals surface area contributed by atoms with Gasteiger partial charge in [0.2, 0.25) is 0 Å². The van der Waals surface area contributed by atoms with Gasteiger partial charge in [0.25, 0.3) is 0 Å². The lowest BCUT2D eigenvalue weighted by Gasteiger charge is -2.22. The first-order valence-electron chi connectivity index (χ1n) is 6.48. The molecule has 2 N–H and O–H groups in total. The zero-order chi connectivity index (χ0) is 12.5. The standard InChI is InChI=1S/C12H25N3OS/c1-11(10-15-7-3-4-8-15)14-12(17)13-6-5-9-16-2/h11H,3-10H2,1-2H3,(H2,13,14,17). The number of nitrogens with one attached hydrogen (secondary N) is 2.